The highest BCUT2D eigenvalue weighted by molar-refractivity contribution is 5.81. The number of carbonyl (C=O) groups excluding carboxylic acids is 2. The first-order valence-electron chi connectivity index (χ1n) is 4.98. The molecule has 86 valence electrons. The molecule has 0 aromatic rings. The quantitative estimate of drug-likeness (QED) is 0.557. The number of rotatable bonds is 2. The first-order chi connectivity index (χ1) is 7.06. The molecule has 1 unspecified atom stereocenters. The third kappa shape index (κ3) is 2.90. The van der Waals surface area contributed by atoms with E-state index in [-0.39, 0.29) is 18.4 Å². The Morgan fingerprint density at radius 3 is 2.13 bits per heavy atom. The van der Waals surface area contributed by atoms with Gasteiger partial charge in [-0.2, -0.15) is 0 Å². The molecule has 2 amide bonds. The average molecular weight is 215 g/mol. The van der Waals surface area contributed by atoms with E-state index in [2.05, 4.69) is 0 Å². The van der Waals surface area contributed by atoms with Crippen molar-refractivity contribution < 1.29 is 14.7 Å². The van der Waals surface area contributed by atoms with Crippen molar-refractivity contribution >= 4 is 11.8 Å². The number of hydrogen-bond donors (Lipinski definition) is 2. The summed E-state index contributed by atoms with van der Waals surface area (Å²) in [6.07, 6.45) is -1.12. The van der Waals surface area contributed by atoms with Crippen LogP contribution >= 0.6 is 0 Å². The monoisotopic (exact) mass is 215 g/mol. The molecule has 1 aliphatic heterocycles. The molecule has 0 aromatic heterocycles. The fourth-order valence-electron chi connectivity index (χ4n) is 1.55. The maximum absolute atomic E-state index is 11.5. The van der Waals surface area contributed by atoms with Crippen LogP contribution < -0.4 is 5.73 Å². The molecule has 1 saturated heterocycles. The van der Waals surface area contributed by atoms with Crippen molar-refractivity contribution in [3.8, 4) is 0 Å². The minimum absolute atomic E-state index is 0.0153. The van der Waals surface area contributed by atoms with Gasteiger partial charge in [0.05, 0.1) is 0 Å². The molecule has 1 heterocycles. The summed E-state index contributed by atoms with van der Waals surface area (Å²) in [5, 5.41) is 9.26. The van der Waals surface area contributed by atoms with Gasteiger partial charge in [-0.3, -0.25) is 9.59 Å². The van der Waals surface area contributed by atoms with Gasteiger partial charge >= 0.3 is 0 Å². The minimum atomic E-state index is -1.12. The van der Waals surface area contributed by atoms with E-state index in [4.69, 9.17) is 5.73 Å². The van der Waals surface area contributed by atoms with Crippen molar-refractivity contribution in [1.29, 1.82) is 0 Å². The number of amides is 2. The lowest BCUT2D eigenvalue weighted by Gasteiger charge is -2.35. The van der Waals surface area contributed by atoms with E-state index >= 15 is 0 Å². The average Bonchev–Trinajstić information content (AvgIpc) is 2.27. The zero-order valence-corrected chi connectivity index (χ0v) is 8.85. The van der Waals surface area contributed by atoms with Crippen LogP contribution in [0.3, 0.4) is 0 Å². The van der Waals surface area contributed by atoms with E-state index in [1.165, 1.54) is 11.8 Å². The minimum Gasteiger partial charge on any atom is -0.382 e. The van der Waals surface area contributed by atoms with Gasteiger partial charge in [-0.1, -0.05) is 0 Å². The van der Waals surface area contributed by atoms with Crippen molar-refractivity contribution in [3.63, 3.8) is 0 Å². The van der Waals surface area contributed by atoms with Gasteiger partial charge in [0.15, 0.2) is 0 Å². The Morgan fingerprint density at radius 1 is 1.27 bits per heavy atom. The predicted octanol–water partition coefficient (Wildman–Crippen LogP) is -2.00. The van der Waals surface area contributed by atoms with Crippen LogP contribution in [0.2, 0.25) is 0 Å². The zero-order valence-electron chi connectivity index (χ0n) is 8.85. The van der Waals surface area contributed by atoms with Crippen LogP contribution in [0.1, 0.15) is 6.92 Å². The maximum atomic E-state index is 11.5. The molecule has 1 rings (SSSR count). The van der Waals surface area contributed by atoms with E-state index in [0.717, 1.165) is 0 Å². The molecule has 1 atom stereocenters. The highest BCUT2D eigenvalue weighted by Gasteiger charge is 2.25. The number of nitrogens with two attached hydrogens (primary N) is 1. The van der Waals surface area contributed by atoms with Crippen LogP contribution in [0.25, 0.3) is 0 Å². The van der Waals surface area contributed by atoms with E-state index in [1.807, 2.05) is 0 Å². The van der Waals surface area contributed by atoms with Gasteiger partial charge in [-0.05, 0) is 0 Å². The van der Waals surface area contributed by atoms with Crippen LogP contribution in [0, 0.1) is 0 Å². The molecule has 3 N–H and O–H groups in total. The van der Waals surface area contributed by atoms with Gasteiger partial charge in [0, 0.05) is 39.6 Å². The molecule has 1 aliphatic rings. The zero-order chi connectivity index (χ0) is 11.4. The summed E-state index contributed by atoms with van der Waals surface area (Å²) >= 11 is 0. The van der Waals surface area contributed by atoms with Crippen molar-refractivity contribution in [2.45, 2.75) is 13.0 Å². The molecule has 0 saturated carbocycles. The van der Waals surface area contributed by atoms with E-state index in [0.29, 0.717) is 26.2 Å². The normalized spacial score (nSPS) is 18.9. The first kappa shape index (κ1) is 11.9. The number of carbonyl (C=O) groups is 2. The molecular formula is C9H17N3O3. The Balaban J connectivity index is 2.43. The van der Waals surface area contributed by atoms with Crippen LogP contribution in [0.5, 0.6) is 0 Å². The van der Waals surface area contributed by atoms with Crippen molar-refractivity contribution in [3.05, 3.63) is 0 Å². The highest BCUT2D eigenvalue weighted by atomic mass is 16.3. The van der Waals surface area contributed by atoms with Crippen molar-refractivity contribution in [2.24, 2.45) is 5.73 Å². The molecular weight excluding hydrogens is 198 g/mol. The second-order valence-corrected chi connectivity index (χ2v) is 3.58. The van der Waals surface area contributed by atoms with Crippen molar-refractivity contribution in [1.82, 2.24) is 9.80 Å². The largest absolute Gasteiger partial charge is 0.382 e. The van der Waals surface area contributed by atoms with Gasteiger partial charge in [0.25, 0.3) is 5.91 Å². The summed E-state index contributed by atoms with van der Waals surface area (Å²) in [6, 6.07) is 0. The van der Waals surface area contributed by atoms with E-state index in [1.54, 1.807) is 4.90 Å². The second kappa shape index (κ2) is 5.09. The Hall–Kier alpha value is -1.14. The third-order valence-electron chi connectivity index (χ3n) is 2.54. The number of nitrogens with zero attached hydrogens (tertiary/aromatic N) is 2. The Labute approximate surface area is 88.6 Å². The molecule has 6 heteroatoms. The predicted molar refractivity (Wildman–Crippen MR) is 53.9 cm³/mol. The van der Waals surface area contributed by atoms with Crippen molar-refractivity contribution in [2.75, 3.05) is 32.7 Å². The van der Waals surface area contributed by atoms with Gasteiger partial charge < -0.3 is 20.6 Å². The molecule has 0 radical (unpaired) electrons. The lowest BCUT2D eigenvalue weighted by Crippen LogP contribution is -2.53. The topological polar surface area (TPSA) is 86.9 Å². The standard InChI is InChI=1S/C9H17N3O3/c1-7(13)11-2-4-12(5-3-11)9(15)8(14)6-10/h8,14H,2-6,10H2,1H3. The summed E-state index contributed by atoms with van der Waals surface area (Å²) < 4.78 is 0. The second-order valence-electron chi connectivity index (χ2n) is 3.58. The van der Waals surface area contributed by atoms with Gasteiger partial charge in [-0.25, -0.2) is 0 Å². The molecule has 0 bridgehead atoms. The first-order valence-corrected chi connectivity index (χ1v) is 4.98. The highest BCUT2D eigenvalue weighted by Crippen LogP contribution is 2.03. The fraction of sp³-hybridized carbons (Fsp3) is 0.778. The van der Waals surface area contributed by atoms with Gasteiger partial charge in [0.2, 0.25) is 5.91 Å². The summed E-state index contributed by atoms with van der Waals surface area (Å²) in [5.74, 6) is -0.331. The van der Waals surface area contributed by atoms with Gasteiger partial charge in [0.1, 0.15) is 6.10 Å². The Kier molecular flexibility index (Phi) is 4.05. The molecule has 15 heavy (non-hydrogen) atoms. The van der Waals surface area contributed by atoms with E-state index in [9.17, 15) is 14.7 Å². The molecule has 0 aromatic carbocycles. The van der Waals surface area contributed by atoms with Crippen LogP contribution in [0.4, 0.5) is 0 Å². The lowest BCUT2D eigenvalue weighted by atomic mass is 10.2. The molecule has 1 fully saturated rings. The lowest BCUT2D eigenvalue weighted by molar-refractivity contribution is -0.144. The summed E-state index contributed by atoms with van der Waals surface area (Å²) in [7, 11) is 0. The van der Waals surface area contributed by atoms with Crippen LogP contribution in [-0.2, 0) is 9.59 Å². The number of aliphatic hydroxyl groups is 1. The number of piperazine rings is 1. The van der Waals surface area contributed by atoms with E-state index < -0.39 is 6.10 Å². The van der Waals surface area contributed by atoms with Crippen LogP contribution in [0.15, 0.2) is 0 Å². The van der Waals surface area contributed by atoms with Gasteiger partial charge in [-0.15, -0.1) is 0 Å². The summed E-state index contributed by atoms with van der Waals surface area (Å²) in [4.78, 5) is 25.7. The molecule has 6 nitrogen and oxygen atoms in total. The number of hydrogen-bond acceptors (Lipinski definition) is 4. The summed E-state index contributed by atoms with van der Waals surface area (Å²) in [5.41, 5.74) is 5.19. The Morgan fingerprint density at radius 2 is 1.73 bits per heavy atom. The Bertz CT molecular complexity index is 249. The smallest absolute Gasteiger partial charge is 0.252 e. The molecule has 0 aliphatic carbocycles. The summed E-state index contributed by atoms with van der Waals surface area (Å²) in [6.45, 7) is 3.43. The van der Waals surface area contributed by atoms with Crippen LogP contribution in [-0.4, -0.2) is 65.5 Å². The number of aliphatic hydroxyl groups excluding tert-OH is 1. The maximum Gasteiger partial charge on any atom is 0.252 e. The third-order valence-corrected chi connectivity index (χ3v) is 2.54. The molecule has 0 spiro atoms. The SMILES string of the molecule is CC(=O)N1CCN(C(=O)C(O)CN)CC1. The fourth-order valence-corrected chi connectivity index (χ4v) is 1.55.